The van der Waals surface area contributed by atoms with Crippen LogP contribution in [0.4, 0.5) is 5.69 Å². The second-order valence-electron chi connectivity index (χ2n) is 6.78. The number of aromatic carboxylic acids is 1. The number of hydrogen-bond donors (Lipinski definition) is 1. The van der Waals surface area contributed by atoms with Gasteiger partial charge < -0.3 is 24.9 Å². The number of nitro benzene ring substituents is 1. The molecule has 3 N–H and O–H groups in total. The van der Waals surface area contributed by atoms with Crippen LogP contribution in [0.2, 0.25) is 10.0 Å². The van der Waals surface area contributed by atoms with Crippen molar-refractivity contribution in [2.45, 2.75) is 26.8 Å². The van der Waals surface area contributed by atoms with E-state index in [0.29, 0.717) is 11.1 Å². The number of hydrogen-bond acceptors (Lipinski definition) is 7. The Morgan fingerprint density at radius 3 is 2.39 bits per heavy atom. The monoisotopic (exact) mass is 467 g/mol. The van der Waals surface area contributed by atoms with Crippen LogP contribution in [0.1, 0.15) is 30.0 Å². The SMILES string of the molecule is CC(C)[NH3+].Cc1c(-c2cc(Oc3ccc(Cl)cc3Cl)ccc2[N+](=O)[O-])noc1C(=O)[O-]. The molecule has 164 valence electrons. The van der Waals surface area contributed by atoms with Crippen molar-refractivity contribution in [2.24, 2.45) is 0 Å². The molecule has 0 spiro atoms. The fourth-order valence-electron chi connectivity index (χ4n) is 2.39. The molecular formula is C20H19Cl2N3O6. The average Bonchev–Trinajstić information content (AvgIpc) is 3.05. The van der Waals surface area contributed by atoms with Gasteiger partial charge >= 0.3 is 0 Å². The maximum Gasteiger partial charge on any atom is 0.279 e. The molecule has 0 aliphatic rings. The van der Waals surface area contributed by atoms with Crippen LogP contribution in [-0.2, 0) is 0 Å². The molecule has 11 heteroatoms. The van der Waals surface area contributed by atoms with Crippen LogP contribution in [0.5, 0.6) is 11.5 Å². The third kappa shape index (κ3) is 6.17. The van der Waals surface area contributed by atoms with Gasteiger partial charge in [0.05, 0.1) is 21.6 Å². The number of benzene rings is 2. The van der Waals surface area contributed by atoms with E-state index in [0.717, 1.165) is 0 Å². The maximum atomic E-state index is 11.4. The van der Waals surface area contributed by atoms with Crippen molar-refractivity contribution in [3.05, 3.63) is 67.9 Å². The second kappa shape index (κ2) is 10.3. The Bertz CT molecular complexity index is 1110. The van der Waals surface area contributed by atoms with Gasteiger partial charge in [-0.15, -0.1) is 0 Å². The van der Waals surface area contributed by atoms with Crippen LogP contribution in [0.25, 0.3) is 11.3 Å². The molecule has 0 aliphatic heterocycles. The Kier molecular flexibility index (Phi) is 7.98. The van der Waals surface area contributed by atoms with Gasteiger partial charge in [0.2, 0.25) is 0 Å². The molecule has 0 fully saturated rings. The third-order valence-corrected chi connectivity index (χ3v) is 4.18. The molecular weight excluding hydrogens is 449 g/mol. The molecule has 0 amide bonds. The summed E-state index contributed by atoms with van der Waals surface area (Å²) in [5, 5.41) is 26.7. The molecule has 9 nitrogen and oxygen atoms in total. The van der Waals surface area contributed by atoms with Crippen molar-refractivity contribution in [1.29, 1.82) is 0 Å². The van der Waals surface area contributed by atoms with Gasteiger partial charge in [-0.05, 0) is 51.1 Å². The van der Waals surface area contributed by atoms with Crippen LogP contribution in [-0.4, -0.2) is 22.1 Å². The highest BCUT2D eigenvalue weighted by molar-refractivity contribution is 6.35. The molecule has 0 aliphatic carbocycles. The normalized spacial score (nSPS) is 10.4. The summed E-state index contributed by atoms with van der Waals surface area (Å²) in [5.41, 5.74) is 3.45. The first-order chi connectivity index (χ1) is 14.5. The topological polar surface area (TPSA) is 146 Å². The number of quaternary nitrogens is 1. The summed E-state index contributed by atoms with van der Waals surface area (Å²) in [5.74, 6) is -1.58. The zero-order valence-corrected chi connectivity index (χ0v) is 18.4. The summed E-state index contributed by atoms with van der Waals surface area (Å²) >= 11 is 11.9. The van der Waals surface area contributed by atoms with Gasteiger partial charge in [-0.25, -0.2) is 0 Å². The van der Waals surface area contributed by atoms with E-state index < -0.39 is 16.7 Å². The fourth-order valence-corrected chi connectivity index (χ4v) is 2.84. The molecule has 31 heavy (non-hydrogen) atoms. The Hall–Kier alpha value is -3.14. The van der Waals surface area contributed by atoms with E-state index in [1.54, 1.807) is 12.1 Å². The van der Waals surface area contributed by atoms with E-state index in [4.69, 9.17) is 32.5 Å². The number of nitrogens with zero attached hydrogens (tertiary/aromatic N) is 2. The van der Waals surface area contributed by atoms with Crippen molar-refractivity contribution < 1.29 is 29.8 Å². The Labute approximate surface area is 187 Å². The molecule has 0 atom stereocenters. The summed E-state index contributed by atoms with van der Waals surface area (Å²) in [6.45, 7) is 5.52. The Morgan fingerprint density at radius 2 is 1.87 bits per heavy atom. The van der Waals surface area contributed by atoms with Crippen molar-refractivity contribution in [2.75, 3.05) is 0 Å². The quantitative estimate of drug-likeness (QED) is 0.444. The fraction of sp³-hybridized carbons (Fsp3) is 0.200. The van der Waals surface area contributed by atoms with Gasteiger partial charge in [-0.2, -0.15) is 0 Å². The lowest BCUT2D eigenvalue weighted by molar-refractivity contribution is -0.407. The zero-order valence-electron chi connectivity index (χ0n) is 16.8. The number of carbonyl (C=O) groups is 1. The minimum Gasteiger partial charge on any atom is -0.541 e. The van der Waals surface area contributed by atoms with E-state index in [2.05, 4.69) is 24.7 Å². The van der Waals surface area contributed by atoms with E-state index in [1.165, 1.54) is 31.2 Å². The van der Waals surface area contributed by atoms with Crippen LogP contribution in [0, 0.1) is 17.0 Å². The summed E-state index contributed by atoms with van der Waals surface area (Å²) in [6.07, 6.45) is 0. The van der Waals surface area contributed by atoms with Gasteiger partial charge in [0.25, 0.3) is 5.69 Å². The summed E-state index contributed by atoms with van der Waals surface area (Å²) in [6, 6.07) is 9.11. The number of aromatic nitrogens is 1. The zero-order chi connectivity index (χ0) is 23.3. The first-order valence-corrected chi connectivity index (χ1v) is 9.69. The lowest BCUT2D eigenvalue weighted by atomic mass is 10.0. The van der Waals surface area contributed by atoms with Crippen LogP contribution in [0.15, 0.2) is 40.9 Å². The maximum absolute atomic E-state index is 11.4. The Morgan fingerprint density at radius 1 is 1.23 bits per heavy atom. The van der Waals surface area contributed by atoms with E-state index in [9.17, 15) is 20.0 Å². The number of carbonyl (C=O) groups excluding carboxylic acids is 1. The molecule has 3 rings (SSSR count). The smallest absolute Gasteiger partial charge is 0.279 e. The highest BCUT2D eigenvalue weighted by Crippen LogP contribution is 2.38. The van der Waals surface area contributed by atoms with Crippen LogP contribution in [0.3, 0.4) is 0 Å². The molecule has 2 aromatic carbocycles. The average molecular weight is 468 g/mol. The first kappa shape index (κ1) is 24.1. The molecule has 1 aromatic heterocycles. The minimum absolute atomic E-state index is 0.00597. The summed E-state index contributed by atoms with van der Waals surface area (Å²) < 4.78 is 10.4. The van der Waals surface area contributed by atoms with E-state index in [-0.39, 0.29) is 39.0 Å². The predicted octanol–water partition coefficient (Wildman–Crippen LogP) is 3.66. The molecule has 0 saturated heterocycles. The Balaban J connectivity index is 0.000000785. The lowest BCUT2D eigenvalue weighted by Crippen LogP contribution is -2.57. The third-order valence-electron chi connectivity index (χ3n) is 3.65. The number of carboxylic acids is 1. The molecule has 1 heterocycles. The molecule has 0 saturated carbocycles. The van der Waals surface area contributed by atoms with Crippen LogP contribution < -0.4 is 15.6 Å². The van der Waals surface area contributed by atoms with Crippen molar-refractivity contribution in [1.82, 2.24) is 5.16 Å². The number of nitro groups is 1. The standard InChI is InChI=1S/C17H10Cl2N2O6.C3H9N/c1-8-15(20-27-16(8)17(22)23)11-7-10(3-4-13(11)21(24)25)26-14-5-2-9(18)6-12(14)19;1-3(2)4/h2-7H,1H3,(H,22,23);3H,4H2,1-2H3. The molecule has 0 radical (unpaired) electrons. The second-order valence-corrected chi connectivity index (χ2v) is 7.62. The molecule has 3 aromatic rings. The van der Waals surface area contributed by atoms with E-state index in [1.807, 2.05) is 0 Å². The van der Waals surface area contributed by atoms with Gasteiger partial charge in [-0.3, -0.25) is 10.1 Å². The van der Waals surface area contributed by atoms with Crippen molar-refractivity contribution in [3.63, 3.8) is 0 Å². The largest absolute Gasteiger partial charge is 0.541 e. The first-order valence-electron chi connectivity index (χ1n) is 8.93. The lowest BCUT2D eigenvalue weighted by Gasteiger charge is -2.09. The van der Waals surface area contributed by atoms with Gasteiger partial charge in [0, 0.05) is 16.7 Å². The molecule has 0 unspecified atom stereocenters. The van der Waals surface area contributed by atoms with Gasteiger partial charge in [0.1, 0.15) is 23.2 Å². The predicted molar refractivity (Wildman–Crippen MR) is 112 cm³/mol. The van der Waals surface area contributed by atoms with Crippen molar-refractivity contribution >= 4 is 34.9 Å². The molecule has 0 bridgehead atoms. The number of ether oxygens (including phenoxy) is 1. The minimum atomic E-state index is -1.57. The van der Waals surface area contributed by atoms with Gasteiger partial charge in [-0.1, -0.05) is 28.4 Å². The highest BCUT2D eigenvalue weighted by Gasteiger charge is 2.23. The number of rotatable bonds is 5. The van der Waals surface area contributed by atoms with Gasteiger partial charge in [0.15, 0.2) is 5.76 Å². The van der Waals surface area contributed by atoms with E-state index >= 15 is 0 Å². The summed E-state index contributed by atoms with van der Waals surface area (Å²) in [7, 11) is 0. The van der Waals surface area contributed by atoms with Crippen LogP contribution >= 0.6 is 23.2 Å². The number of halogens is 2. The number of carboxylic acid groups (broad SMARTS) is 1. The summed E-state index contributed by atoms with van der Waals surface area (Å²) in [4.78, 5) is 21.8. The highest BCUT2D eigenvalue weighted by atomic mass is 35.5. The van der Waals surface area contributed by atoms with Crippen molar-refractivity contribution in [3.8, 4) is 22.8 Å².